The van der Waals surface area contributed by atoms with Gasteiger partial charge in [0.2, 0.25) is 0 Å². The summed E-state index contributed by atoms with van der Waals surface area (Å²) in [7, 11) is 1.64. The topological polar surface area (TPSA) is 77.0 Å². The molecular weight excluding hydrogens is 274 g/mol. The van der Waals surface area contributed by atoms with Crippen molar-refractivity contribution in [3.63, 3.8) is 0 Å². The van der Waals surface area contributed by atoms with Crippen molar-refractivity contribution in [3.05, 3.63) is 23.8 Å². The van der Waals surface area contributed by atoms with Crippen molar-refractivity contribution in [2.24, 2.45) is 0 Å². The Hall–Kier alpha value is -1.79. The van der Waals surface area contributed by atoms with E-state index in [1.807, 2.05) is 19.1 Å². The van der Waals surface area contributed by atoms with E-state index in [1.165, 1.54) is 6.92 Å². The van der Waals surface area contributed by atoms with Gasteiger partial charge in [-0.3, -0.25) is 0 Å². The molecule has 0 aliphatic rings. The van der Waals surface area contributed by atoms with E-state index < -0.39 is 12.1 Å². The highest BCUT2D eigenvalue weighted by Crippen LogP contribution is 2.32. The number of carboxylic acid groups (broad SMARTS) is 1. The van der Waals surface area contributed by atoms with Crippen LogP contribution < -0.4 is 14.8 Å². The summed E-state index contributed by atoms with van der Waals surface area (Å²) >= 11 is 0. The molecule has 1 aromatic carbocycles. The molecule has 6 heteroatoms. The first-order valence-corrected chi connectivity index (χ1v) is 6.94. The number of aliphatic carboxylic acids is 1. The van der Waals surface area contributed by atoms with Crippen molar-refractivity contribution in [2.75, 3.05) is 26.9 Å². The van der Waals surface area contributed by atoms with Gasteiger partial charge in [0.05, 0.1) is 13.2 Å². The molecular formula is C15H23NO5. The number of nitrogens with one attached hydrogen (secondary N) is 1. The monoisotopic (exact) mass is 297 g/mol. The van der Waals surface area contributed by atoms with Gasteiger partial charge in [0, 0.05) is 25.8 Å². The smallest absolute Gasteiger partial charge is 0.344 e. The molecule has 0 fully saturated rings. The van der Waals surface area contributed by atoms with Gasteiger partial charge >= 0.3 is 5.97 Å². The fraction of sp³-hybridized carbons (Fsp3) is 0.533. The molecule has 0 aliphatic heterocycles. The van der Waals surface area contributed by atoms with Crippen LogP contribution in [0.15, 0.2) is 18.2 Å². The molecule has 2 N–H and O–H groups in total. The normalized spacial score (nSPS) is 12.0. The molecule has 0 bridgehead atoms. The third kappa shape index (κ3) is 5.61. The van der Waals surface area contributed by atoms with Crippen LogP contribution in [-0.4, -0.2) is 44.0 Å². The number of rotatable bonds is 10. The van der Waals surface area contributed by atoms with Gasteiger partial charge in [0.1, 0.15) is 0 Å². The molecule has 1 aromatic rings. The molecule has 0 saturated heterocycles. The Bertz CT molecular complexity index is 450. The minimum atomic E-state index is -1.01. The number of ether oxygens (including phenoxy) is 3. The zero-order valence-electron chi connectivity index (χ0n) is 12.7. The molecule has 0 heterocycles. The summed E-state index contributed by atoms with van der Waals surface area (Å²) in [6.07, 6.45) is -0.940. The van der Waals surface area contributed by atoms with Crippen LogP contribution in [0.1, 0.15) is 19.4 Å². The highest BCUT2D eigenvalue weighted by molar-refractivity contribution is 5.72. The number of methoxy groups -OCH3 is 1. The van der Waals surface area contributed by atoms with Crippen LogP contribution in [0.5, 0.6) is 11.5 Å². The van der Waals surface area contributed by atoms with E-state index in [9.17, 15) is 4.79 Å². The van der Waals surface area contributed by atoms with Crippen LogP contribution in [0.3, 0.4) is 0 Å². The summed E-state index contributed by atoms with van der Waals surface area (Å²) < 4.78 is 16.0. The van der Waals surface area contributed by atoms with Gasteiger partial charge in [0.15, 0.2) is 17.6 Å². The van der Waals surface area contributed by atoms with Crippen molar-refractivity contribution in [3.8, 4) is 11.5 Å². The largest absolute Gasteiger partial charge is 0.490 e. The average molecular weight is 297 g/mol. The SMILES string of the molecule is CCOc1cccc(CNCCOC)c1OC(C)C(=O)O. The van der Waals surface area contributed by atoms with Gasteiger partial charge in [-0.05, 0) is 19.9 Å². The minimum Gasteiger partial charge on any atom is -0.490 e. The van der Waals surface area contributed by atoms with Crippen LogP contribution in [-0.2, 0) is 16.1 Å². The Balaban J connectivity index is 2.88. The molecule has 0 aliphatic carbocycles. The molecule has 1 rings (SSSR count). The maximum absolute atomic E-state index is 11.0. The Labute approximate surface area is 125 Å². The van der Waals surface area contributed by atoms with Gasteiger partial charge in [-0.25, -0.2) is 4.79 Å². The van der Waals surface area contributed by atoms with Gasteiger partial charge in [-0.1, -0.05) is 12.1 Å². The third-order valence-electron chi connectivity index (χ3n) is 2.80. The maximum atomic E-state index is 11.0. The van der Waals surface area contributed by atoms with Crippen LogP contribution in [0.4, 0.5) is 0 Å². The summed E-state index contributed by atoms with van der Waals surface area (Å²) in [5.41, 5.74) is 0.852. The summed E-state index contributed by atoms with van der Waals surface area (Å²) in [5, 5.41) is 12.2. The van der Waals surface area contributed by atoms with E-state index in [0.717, 1.165) is 5.56 Å². The van der Waals surface area contributed by atoms with Gasteiger partial charge in [0.25, 0.3) is 0 Å². The second kappa shape index (κ2) is 9.20. The Morgan fingerprint density at radius 1 is 1.43 bits per heavy atom. The number of hydrogen-bond donors (Lipinski definition) is 2. The molecule has 1 unspecified atom stereocenters. The minimum absolute atomic E-state index is 0.471. The number of benzene rings is 1. The van der Waals surface area contributed by atoms with Crippen molar-refractivity contribution < 1.29 is 24.1 Å². The fourth-order valence-electron chi connectivity index (χ4n) is 1.73. The summed E-state index contributed by atoms with van der Waals surface area (Å²) in [6.45, 7) is 5.70. The Morgan fingerprint density at radius 2 is 2.19 bits per heavy atom. The second-order valence-electron chi connectivity index (χ2n) is 4.45. The van der Waals surface area contributed by atoms with Crippen LogP contribution >= 0.6 is 0 Å². The van der Waals surface area contributed by atoms with Crippen LogP contribution in [0.25, 0.3) is 0 Å². The Kier molecular flexibility index (Phi) is 7.56. The highest BCUT2D eigenvalue weighted by Gasteiger charge is 2.18. The first-order chi connectivity index (χ1) is 10.1. The van der Waals surface area contributed by atoms with Crippen molar-refractivity contribution >= 4 is 5.97 Å². The number of hydrogen-bond acceptors (Lipinski definition) is 5. The van der Waals surface area contributed by atoms with Gasteiger partial charge in [-0.2, -0.15) is 0 Å². The van der Waals surface area contributed by atoms with E-state index in [1.54, 1.807) is 13.2 Å². The first kappa shape index (κ1) is 17.3. The molecule has 0 amide bonds. The molecule has 6 nitrogen and oxygen atoms in total. The lowest BCUT2D eigenvalue weighted by Crippen LogP contribution is -2.25. The summed E-state index contributed by atoms with van der Waals surface area (Å²) in [4.78, 5) is 11.0. The van der Waals surface area contributed by atoms with E-state index in [0.29, 0.717) is 37.8 Å². The summed E-state index contributed by atoms with van der Waals surface area (Å²) in [5.74, 6) is 0.00963. The lowest BCUT2D eigenvalue weighted by molar-refractivity contribution is -0.144. The lowest BCUT2D eigenvalue weighted by Gasteiger charge is -2.18. The zero-order chi connectivity index (χ0) is 15.7. The van der Waals surface area contributed by atoms with E-state index in [4.69, 9.17) is 19.3 Å². The maximum Gasteiger partial charge on any atom is 0.344 e. The second-order valence-corrected chi connectivity index (χ2v) is 4.45. The van der Waals surface area contributed by atoms with Crippen molar-refractivity contribution in [1.29, 1.82) is 0 Å². The number of carboxylic acids is 1. The van der Waals surface area contributed by atoms with E-state index >= 15 is 0 Å². The van der Waals surface area contributed by atoms with E-state index in [-0.39, 0.29) is 0 Å². The van der Waals surface area contributed by atoms with Gasteiger partial charge in [-0.15, -0.1) is 0 Å². The zero-order valence-corrected chi connectivity index (χ0v) is 12.7. The fourth-order valence-corrected chi connectivity index (χ4v) is 1.73. The van der Waals surface area contributed by atoms with E-state index in [2.05, 4.69) is 5.32 Å². The standard InChI is InChI=1S/C15H23NO5/c1-4-20-13-7-5-6-12(10-16-8-9-19-3)14(13)21-11(2)15(17)18/h5-7,11,16H,4,8-10H2,1-3H3,(H,17,18). The van der Waals surface area contributed by atoms with Crippen LogP contribution in [0, 0.1) is 0 Å². The summed E-state index contributed by atoms with van der Waals surface area (Å²) in [6, 6.07) is 5.51. The molecule has 21 heavy (non-hydrogen) atoms. The molecule has 0 radical (unpaired) electrons. The predicted octanol–water partition coefficient (Wildman–Crippen LogP) is 1.67. The quantitative estimate of drug-likeness (QED) is 0.640. The highest BCUT2D eigenvalue weighted by atomic mass is 16.5. The molecule has 0 saturated carbocycles. The molecule has 118 valence electrons. The number of carbonyl (C=O) groups is 1. The predicted molar refractivity (Wildman–Crippen MR) is 78.9 cm³/mol. The molecule has 0 spiro atoms. The lowest BCUT2D eigenvalue weighted by atomic mass is 10.1. The van der Waals surface area contributed by atoms with Crippen molar-refractivity contribution in [1.82, 2.24) is 5.32 Å². The molecule has 1 atom stereocenters. The third-order valence-corrected chi connectivity index (χ3v) is 2.80. The van der Waals surface area contributed by atoms with Crippen molar-refractivity contribution in [2.45, 2.75) is 26.5 Å². The number of para-hydroxylation sites is 1. The Morgan fingerprint density at radius 3 is 2.81 bits per heavy atom. The molecule has 0 aromatic heterocycles. The van der Waals surface area contributed by atoms with Crippen LogP contribution in [0.2, 0.25) is 0 Å². The average Bonchev–Trinajstić information content (AvgIpc) is 2.46. The van der Waals surface area contributed by atoms with Gasteiger partial charge < -0.3 is 24.6 Å². The first-order valence-electron chi connectivity index (χ1n) is 6.94.